The number of aliphatic hydroxyl groups is 2. The van der Waals surface area contributed by atoms with E-state index in [2.05, 4.69) is 0 Å². The second-order valence-corrected chi connectivity index (χ2v) is 11.3. The summed E-state index contributed by atoms with van der Waals surface area (Å²) in [6.45, 7) is 11.6. The molecule has 0 aliphatic heterocycles. The summed E-state index contributed by atoms with van der Waals surface area (Å²) in [7, 11) is 3.37. The molecule has 0 saturated heterocycles. The molecule has 2 atom stereocenters. The third-order valence-electron chi connectivity index (χ3n) is 6.69. The lowest BCUT2D eigenvalue weighted by Gasteiger charge is -2.22. The first-order chi connectivity index (χ1) is 24.3. The van der Waals surface area contributed by atoms with E-state index in [4.69, 9.17) is 67.1 Å². The van der Waals surface area contributed by atoms with Crippen LogP contribution in [0.1, 0.15) is 57.8 Å². The molecule has 0 radical (unpaired) electrons. The van der Waals surface area contributed by atoms with Gasteiger partial charge in [-0.3, -0.25) is 0 Å². The van der Waals surface area contributed by atoms with E-state index in [-0.39, 0.29) is 25.4 Å². The maximum absolute atomic E-state index is 8.87. The van der Waals surface area contributed by atoms with Gasteiger partial charge in [0.15, 0.2) is 0 Å². The lowest BCUT2D eigenvalue weighted by Crippen LogP contribution is -2.32. The van der Waals surface area contributed by atoms with Gasteiger partial charge in [-0.1, -0.05) is 0 Å². The van der Waals surface area contributed by atoms with Crippen molar-refractivity contribution in [3.8, 4) is 0 Å². The van der Waals surface area contributed by atoms with Gasteiger partial charge < -0.3 is 67.1 Å². The van der Waals surface area contributed by atoms with E-state index in [1.54, 1.807) is 14.2 Å². The van der Waals surface area contributed by atoms with Crippen LogP contribution in [-0.2, 0) is 56.8 Å². The highest BCUT2D eigenvalue weighted by Gasteiger charge is 2.15. The first-order valence-corrected chi connectivity index (χ1v) is 18.3. The van der Waals surface area contributed by atoms with Gasteiger partial charge >= 0.3 is 0 Å². The van der Waals surface area contributed by atoms with E-state index in [1.165, 1.54) is 0 Å². The van der Waals surface area contributed by atoms with Crippen LogP contribution in [0.5, 0.6) is 0 Å². The molecule has 0 aliphatic rings. The third kappa shape index (κ3) is 40.1. The second kappa shape index (κ2) is 43.6. The van der Waals surface area contributed by atoms with Gasteiger partial charge in [0.05, 0.1) is 26.4 Å². The van der Waals surface area contributed by atoms with Crippen LogP contribution in [0.4, 0.5) is 0 Å². The van der Waals surface area contributed by atoms with Crippen molar-refractivity contribution in [2.24, 2.45) is 0 Å². The topological polar surface area (TPSA) is 151 Å². The van der Waals surface area contributed by atoms with Crippen molar-refractivity contribution in [2.45, 2.75) is 70.0 Å². The van der Waals surface area contributed by atoms with Crippen LogP contribution in [0, 0.1) is 0 Å². The molecule has 14 heteroatoms. The fourth-order valence-electron chi connectivity index (χ4n) is 4.11. The Bertz CT molecular complexity index is 573. The van der Waals surface area contributed by atoms with Crippen LogP contribution in [0.2, 0.25) is 0 Å². The van der Waals surface area contributed by atoms with Crippen molar-refractivity contribution in [2.75, 3.05) is 160 Å². The number of ether oxygens (including phenoxy) is 12. The van der Waals surface area contributed by atoms with E-state index >= 15 is 0 Å². The standard InChI is InChI=1S/C35H72O14/c1-38-14-5-18-42-24-10-28-48-34(30-45-26-8-22-41-17-4-13-37)32-47-33-35(49-29-11-25-43-19-6-15-39-2)31-46-27-9-23-44-21-7-20-40-16-3-12-36/h34-37H,3-33H2,1-2H3. The number of methoxy groups -OCH3 is 2. The van der Waals surface area contributed by atoms with Gasteiger partial charge in [0.2, 0.25) is 0 Å². The van der Waals surface area contributed by atoms with E-state index in [9.17, 15) is 0 Å². The summed E-state index contributed by atoms with van der Waals surface area (Å²) in [4.78, 5) is 0. The number of hydrogen-bond acceptors (Lipinski definition) is 14. The Balaban J connectivity index is 4.55. The molecule has 2 N–H and O–H groups in total. The predicted octanol–water partition coefficient (Wildman–Crippen LogP) is 2.68. The molecule has 49 heavy (non-hydrogen) atoms. The molecular weight excluding hydrogens is 644 g/mol. The van der Waals surface area contributed by atoms with Gasteiger partial charge in [0.25, 0.3) is 0 Å². The second-order valence-electron chi connectivity index (χ2n) is 11.3. The zero-order chi connectivity index (χ0) is 35.6. The van der Waals surface area contributed by atoms with Crippen molar-refractivity contribution < 1.29 is 67.1 Å². The van der Waals surface area contributed by atoms with Gasteiger partial charge in [0.1, 0.15) is 12.2 Å². The first-order valence-electron chi connectivity index (χ1n) is 18.3. The van der Waals surface area contributed by atoms with E-state index in [0.29, 0.717) is 145 Å². The van der Waals surface area contributed by atoms with E-state index in [0.717, 1.165) is 44.9 Å². The Morgan fingerprint density at radius 2 is 0.571 bits per heavy atom. The lowest BCUT2D eigenvalue weighted by molar-refractivity contribution is -0.0989. The van der Waals surface area contributed by atoms with Crippen LogP contribution < -0.4 is 0 Å². The average Bonchev–Trinajstić information content (AvgIpc) is 3.11. The normalized spacial score (nSPS) is 13.0. The molecule has 0 aromatic heterocycles. The summed E-state index contributed by atoms with van der Waals surface area (Å²) >= 11 is 0. The summed E-state index contributed by atoms with van der Waals surface area (Å²) in [5.41, 5.74) is 0. The van der Waals surface area contributed by atoms with Crippen molar-refractivity contribution in [1.82, 2.24) is 0 Å². The van der Waals surface area contributed by atoms with Gasteiger partial charge in [-0.05, 0) is 57.8 Å². The molecule has 296 valence electrons. The summed E-state index contributed by atoms with van der Waals surface area (Å²) < 4.78 is 68.0. The molecule has 0 saturated carbocycles. The Morgan fingerprint density at radius 1 is 0.306 bits per heavy atom. The average molecular weight is 717 g/mol. The molecule has 14 nitrogen and oxygen atoms in total. The molecule has 0 spiro atoms. The highest BCUT2D eigenvalue weighted by atomic mass is 16.6. The molecule has 0 aromatic carbocycles. The van der Waals surface area contributed by atoms with Gasteiger partial charge in [-0.2, -0.15) is 0 Å². The number of rotatable bonds is 44. The Hall–Kier alpha value is -0.560. The molecule has 0 aliphatic carbocycles. The summed E-state index contributed by atoms with van der Waals surface area (Å²) in [6.07, 6.45) is 6.51. The first kappa shape index (κ1) is 48.4. The van der Waals surface area contributed by atoms with Gasteiger partial charge in [-0.25, -0.2) is 0 Å². The van der Waals surface area contributed by atoms with Crippen LogP contribution in [-0.4, -0.2) is 182 Å². The molecule has 0 bridgehead atoms. The highest BCUT2D eigenvalue weighted by molar-refractivity contribution is 4.61. The molecule has 0 aromatic rings. The lowest BCUT2D eigenvalue weighted by atomic mass is 10.3. The van der Waals surface area contributed by atoms with Gasteiger partial charge in [0, 0.05) is 133 Å². The predicted molar refractivity (Wildman–Crippen MR) is 186 cm³/mol. The zero-order valence-electron chi connectivity index (χ0n) is 30.9. The minimum Gasteiger partial charge on any atom is -0.396 e. The molecule has 0 amide bonds. The summed E-state index contributed by atoms with van der Waals surface area (Å²) in [5.74, 6) is 0. The summed E-state index contributed by atoms with van der Waals surface area (Å²) in [5, 5.41) is 17.6. The summed E-state index contributed by atoms with van der Waals surface area (Å²) in [6, 6.07) is 0. The van der Waals surface area contributed by atoms with Crippen LogP contribution in [0.25, 0.3) is 0 Å². The Kier molecular flexibility index (Phi) is 43.1. The molecule has 0 fully saturated rings. The SMILES string of the molecule is COCCCOCCCOC(COCCCOCCCO)COCC(COCCCOCCCOCCCO)OCCCOCCCOC. The Labute approximate surface area is 296 Å². The fourth-order valence-corrected chi connectivity index (χ4v) is 4.11. The smallest absolute Gasteiger partial charge is 0.104 e. The highest BCUT2D eigenvalue weighted by Crippen LogP contribution is 2.04. The minimum atomic E-state index is -0.233. The maximum atomic E-state index is 8.87. The van der Waals surface area contributed by atoms with Crippen molar-refractivity contribution >= 4 is 0 Å². The molecule has 0 rings (SSSR count). The van der Waals surface area contributed by atoms with E-state index < -0.39 is 0 Å². The maximum Gasteiger partial charge on any atom is 0.104 e. The van der Waals surface area contributed by atoms with Crippen LogP contribution in [0.3, 0.4) is 0 Å². The van der Waals surface area contributed by atoms with Crippen molar-refractivity contribution in [3.05, 3.63) is 0 Å². The molecule has 2 unspecified atom stereocenters. The quantitative estimate of drug-likeness (QED) is 0.0890. The van der Waals surface area contributed by atoms with Crippen LogP contribution in [0.15, 0.2) is 0 Å². The minimum absolute atomic E-state index is 0.134. The van der Waals surface area contributed by atoms with Crippen molar-refractivity contribution in [3.63, 3.8) is 0 Å². The zero-order valence-corrected chi connectivity index (χ0v) is 30.9. The Morgan fingerprint density at radius 3 is 0.898 bits per heavy atom. The molecular formula is C35H72O14. The van der Waals surface area contributed by atoms with Crippen LogP contribution >= 0.6 is 0 Å². The monoisotopic (exact) mass is 716 g/mol. The largest absolute Gasteiger partial charge is 0.396 e. The van der Waals surface area contributed by atoms with Crippen molar-refractivity contribution in [1.29, 1.82) is 0 Å². The molecule has 0 heterocycles. The third-order valence-corrected chi connectivity index (χ3v) is 6.69. The van der Waals surface area contributed by atoms with Gasteiger partial charge in [-0.15, -0.1) is 0 Å². The fraction of sp³-hybridized carbons (Fsp3) is 1.00. The number of aliphatic hydroxyl groups excluding tert-OH is 2. The van der Waals surface area contributed by atoms with E-state index in [1.807, 2.05) is 0 Å². The number of hydrogen-bond donors (Lipinski definition) is 2.